The third kappa shape index (κ3) is 6.06. The van der Waals surface area contributed by atoms with E-state index in [9.17, 15) is 9.59 Å². The molecule has 0 aliphatic heterocycles. The largest absolute Gasteiger partial charge is 0.482 e. The number of aryl methyl sites for hydroxylation is 3. The van der Waals surface area contributed by atoms with Gasteiger partial charge in [0.05, 0.1) is 18.4 Å². The highest BCUT2D eigenvalue weighted by Gasteiger charge is 2.21. The van der Waals surface area contributed by atoms with Crippen molar-refractivity contribution in [1.29, 1.82) is 0 Å². The number of hydrogen-bond donors (Lipinski definition) is 1. The van der Waals surface area contributed by atoms with Crippen LogP contribution in [0.5, 0.6) is 5.75 Å². The predicted molar refractivity (Wildman–Crippen MR) is 135 cm³/mol. The van der Waals surface area contributed by atoms with Crippen LogP contribution in [0.4, 0.5) is 5.00 Å². The molecule has 8 nitrogen and oxygen atoms in total. The number of carbonyl (C=O) groups is 2. The van der Waals surface area contributed by atoms with E-state index in [1.54, 1.807) is 12.1 Å². The van der Waals surface area contributed by atoms with Gasteiger partial charge in [-0.3, -0.25) is 9.36 Å². The van der Waals surface area contributed by atoms with E-state index in [4.69, 9.17) is 9.47 Å². The van der Waals surface area contributed by atoms with Crippen molar-refractivity contribution in [3.63, 3.8) is 0 Å². The number of amides is 1. The number of methoxy groups -OCH3 is 1. The summed E-state index contributed by atoms with van der Waals surface area (Å²) in [7, 11) is 1.31. The molecule has 0 bridgehead atoms. The lowest BCUT2D eigenvalue weighted by Crippen LogP contribution is -2.16. The molecular weight excluding hydrogens is 472 g/mol. The van der Waals surface area contributed by atoms with E-state index >= 15 is 0 Å². The molecule has 1 unspecified atom stereocenters. The summed E-state index contributed by atoms with van der Waals surface area (Å²) < 4.78 is 12.8. The molecule has 0 radical (unpaired) electrons. The summed E-state index contributed by atoms with van der Waals surface area (Å²) >= 11 is 2.58. The average Bonchev–Trinajstić information content (AvgIpc) is 3.36. The first-order chi connectivity index (χ1) is 16.2. The minimum atomic E-state index is -0.486. The van der Waals surface area contributed by atoms with Crippen molar-refractivity contribution in [3.05, 3.63) is 64.3 Å². The molecule has 1 aromatic carbocycles. The summed E-state index contributed by atoms with van der Waals surface area (Å²) in [5, 5.41) is 12.4. The van der Waals surface area contributed by atoms with Crippen LogP contribution in [0.2, 0.25) is 0 Å². The quantitative estimate of drug-likeness (QED) is 0.235. The lowest BCUT2D eigenvalue weighted by atomic mass is 10.1. The van der Waals surface area contributed by atoms with E-state index in [0.717, 1.165) is 16.2 Å². The SMILES string of the molecule is C=CCn1c(SCC(=O)Nc2sc(C)cc2C(=O)OC)nnc1C(C)Oc1ccc(C)cc1C. The fraction of sp³-hybridized carbons (Fsp3) is 0.333. The van der Waals surface area contributed by atoms with Gasteiger partial charge in [-0.15, -0.1) is 28.1 Å². The van der Waals surface area contributed by atoms with Gasteiger partial charge in [0.25, 0.3) is 0 Å². The van der Waals surface area contributed by atoms with Crippen molar-refractivity contribution in [1.82, 2.24) is 14.8 Å². The van der Waals surface area contributed by atoms with Gasteiger partial charge in [0.2, 0.25) is 5.91 Å². The Hall–Kier alpha value is -3.11. The predicted octanol–water partition coefficient (Wildman–Crippen LogP) is 5.11. The zero-order valence-corrected chi connectivity index (χ0v) is 21.5. The molecular formula is C24H28N4O4S2. The highest BCUT2D eigenvalue weighted by Crippen LogP contribution is 2.30. The Balaban J connectivity index is 1.70. The van der Waals surface area contributed by atoms with E-state index in [1.165, 1.54) is 35.8 Å². The molecule has 10 heteroatoms. The number of nitrogens with one attached hydrogen (secondary N) is 1. The second kappa shape index (κ2) is 11.3. The van der Waals surface area contributed by atoms with Crippen LogP contribution < -0.4 is 10.1 Å². The Kier molecular flexibility index (Phi) is 8.51. The van der Waals surface area contributed by atoms with Crippen molar-refractivity contribution in [2.45, 2.75) is 45.5 Å². The van der Waals surface area contributed by atoms with Gasteiger partial charge in [0.1, 0.15) is 10.8 Å². The van der Waals surface area contributed by atoms with Gasteiger partial charge < -0.3 is 14.8 Å². The molecule has 0 saturated carbocycles. The smallest absolute Gasteiger partial charge is 0.340 e. The van der Waals surface area contributed by atoms with Crippen LogP contribution >= 0.6 is 23.1 Å². The molecule has 0 fully saturated rings. The van der Waals surface area contributed by atoms with Crippen LogP contribution in [0.3, 0.4) is 0 Å². The number of hydrogen-bond acceptors (Lipinski definition) is 8. The number of rotatable bonds is 10. The number of benzene rings is 1. The fourth-order valence-electron chi connectivity index (χ4n) is 3.34. The Morgan fingerprint density at radius 1 is 1.26 bits per heavy atom. The Morgan fingerprint density at radius 2 is 2.03 bits per heavy atom. The highest BCUT2D eigenvalue weighted by molar-refractivity contribution is 7.99. The molecule has 3 aromatic rings. The van der Waals surface area contributed by atoms with Crippen LogP contribution in [0.1, 0.15) is 45.2 Å². The molecule has 3 rings (SSSR count). The number of anilines is 1. The molecule has 0 aliphatic carbocycles. The van der Waals surface area contributed by atoms with E-state index in [-0.39, 0.29) is 17.8 Å². The van der Waals surface area contributed by atoms with E-state index in [0.29, 0.717) is 28.1 Å². The maximum absolute atomic E-state index is 12.6. The highest BCUT2D eigenvalue weighted by atomic mass is 32.2. The molecule has 1 amide bonds. The first-order valence-corrected chi connectivity index (χ1v) is 12.4. The number of esters is 1. The Labute approximate surface area is 207 Å². The maximum Gasteiger partial charge on any atom is 0.340 e. The maximum atomic E-state index is 12.6. The van der Waals surface area contributed by atoms with Crippen molar-refractivity contribution in [3.8, 4) is 5.75 Å². The second-order valence-corrected chi connectivity index (χ2v) is 9.90. The molecule has 2 heterocycles. The van der Waals surface area contributed by atoms with Crippen LogP contribution in [-0.2, 0) is 16.1 Å². The monoisotopic (exact) mass is 500 g/mol. The number of allylic oxidation sites excluding steroid dienone is 1. The minimum Gasteiger partial charge on any atom is -0.482 e. The van der Waals surface area contributed by atoms with Crippen LogP contribution in [-0.4, -0.2) is 39.5 Å². The Morgan fingerprint density at radius 3 is 2.71 bits per heavy atom. The fourth-order valence-corrected chi connectivity index (χ4v) is 5.02. The van der Waals surface area contributed by atoms with E-state index < -0.39 is 5.97 Å². The summed E-state index contributed by atoms with van der Waals surface area (Å²) in [5.41, 5.74) is 2.56. The molecule has 34 heavy (non-hydrogen) atoms. The molecule has 180 valence electrons. The van der Waals surface area contributed by atoms with Gasteiger partial charge in [0, 0.05) is 11.4 Å². The number of carbonyl (C=O) groups excluding carboxylic acids is 2. The third-order valence-corrected chi connectivity index (χ3v) is 6.83. The molecule has 0 saturated heterocycles. The summed E-state index contributed by atoms with van der Waals surface area (Å²) in [6.45, 7) is 12.1. The molecule has 0 spiro atoms. The topological polar surface area (TPSA) is 95.3 Å². The van der Waals surface area contributed by atoms with Gasteiger partial charge in [-0.05, 0) is 45.4 Å². The first-order valence-electron chi connectivity index (χ1n) is 10.6. The zero-order chi connectivity index (χ0) is 24.8. The standard InChI is InChI=1S/C24H28N4O4S2/c1-7-10-28-21(17(5)32-19-9-8-14(2)11-15(19)3)26-27-24(28)33-13-20(29)25-22-18(23(30)31-6)12-16(4)34-22/h7-9,11-12,17H,1,10,13H2,2-6H3,(H,25,29). The van der Waals surface area contributed by atoms with Gasteiger partial charge in [0.15, 0.2) is 17.1 Å². The number of nitrogens with zero attached hydrogens (tertiary/aromatic N) is 3. The first kappa shape index (κ1) is 25.5. The summed E-state index contributed by atoms with van der Waals surface area (Å²) in [6, 6.07) is 7.72. The van der Waals surface area contributed by atoms with Crippen molar-refractivity contribution >= 4 is 40.0 Å². The van der Waals surface area contributed by atoms with Crippen molar-refractivity contribution in [2.75, 3.05) is 18.2 Å². The second-order valence-electron chi connectivity index (χ2n) is 7.70. The molecule has 2 aromatic heterocycles. The molecule has 0 aliphatic rings. The number of thioether (sulfide) groups is 1. The van der Waals surface area contributed by atoms with Crippen molar-refractivity contribution in [2.24, 2.45) is 0 Å². The van der Waals surface area contributed by atoms with Gasteiger partial charge in [-0.1, -0.05) is 35.5 Å². The van der Waals surface area contributed by atoms with Crippen LogP contribution in [0, 0.1) is 20.8 Å². The molecule has 1 N–H and O–H groups in total. The van der Waals surface area contributed by atoms with Gasteiger partial charge in [-0.25, -0.2) is 4.79 Å². The Bertz CT molecular complexity index is 1200. The van der Waals surface area contributed by atoms with Crippen LogP contribution in [0.15, 0.2) is 42.1 Å². The number of thiophene rings is 1. The van der Waals surface area contributed by atoms with E-state index in [1.807, 2.05) is 44.4 Å². The summed E-state index contributed by atoms with van der Waals surface area (Å²) in [4.78, 5) is 25.4. The third-order valence-electron chi connectivity index (χ3n) is 4.90. The normalized spacial score (nSPS) is 11.7. The number of ether oxygens (including phenoxy) is 2. The van der Waals surface area contributed by atoms with Gasteiger partial charge in [-0.2, -0.15) is 0 Å². The zero-order valence-electron chi connectivity index (χ0n) is 19.9. The lowest BCUT2D eigenvalue weighted by Gasteiger charge is -2.17. The number of aromatic nitrogens is 3. The van der Waals surface area contributed by atoms with Crippen LogP contribution in [0.25, 0.3) is 0 Å². The van der Waals surface area contributed by atoms with Crippen molar-refractivity contribution < 1.29 is 19.1 Å². The lowest BCUT2D eigenvalue weighted by molar-refractivity contribution is -0.113. The van der Waals surface area contributed by atoms with E-state index in [2.05, 4.69) is 28.2 Å². The summed E-state index contributed by atoms with van der Waals surface area (Å²) in [5.74, 6) is 0.781. The average molecular weight is 501 g/mol. The minimum absolute atomic E-state index is 0.0964. The summed E-state index contributed by atoms with van der Waals surface area (Å²) in [6.07, 6.45) is 1.39. The van der Waals surface area contributed by atoms with Gasteiger partial charge >= 0.3 is 5.97 Å². The molecule has 1 atom stereocenters.